The highest BCUT2D eigenvalue weighted by Gasteiger charge is 2.51. The number of thiophene rings is 1. The molecule has 0 saturated heterocycles. The zero-order valence-electron chi connectivity index (χ0n) is 31.0. The van der Waals surface area contributed by atoms with Crippen LogP contribution in [0, 0.1) is 0 Å². The molecule has 1 spiro atoms. The van der Waals surface area contributed by atoms with E-state index in [0.29, 0.717) is 0 Å². The lowest BCUT2D eigenvalue weighted by atomic mass is 9.70. The number of nitrogens with one attached hydrogen (secondary N) is 1. The van der Waals surface area contributed by atoms with Gasteiger partial charge in [0.2, 0.25) is 0 Å². The molecule has 0 atom stereocenters. The minimum Gasteiger partial charge on any atom is -0.356 e. The molecule has 1 heterocycles. The average Bonchev–Trinajstić information content (AvgIpc) is 3.91. The van der Waals surface area contributed by atoms with Gasteiger partial charge in [0.25, 0.3) is 0 Å². The molecule has 0 radical (unpaired) electrons. The fourth-order valence-corrected chi connectivity index (χ4v) is 10.9. The molecule has 57 heavy (non-hydrogen) atoms. The average molecular weight is 742 g/mol. The molecule has 2 heteroatoms. The summed E-state index contributed by atoms with van der Waals surface area (Å²) in [7, 11) is 0. The van der Waals surface area contributed by atoms with Gasteiger partial charge in [0.1, 0.15) is 0 Å². The molecule has 266 valence electrons. The highest BCUT2D eigenvalue weighted by atomic mass is 32.1. The molecule has 12 rings (SSSR count). The fraction of sp³-hybridized carbons (Fsp3) is 0.0182. The lowest BCUT2D eigenvalue weighted by Crippen LogP contribution is -2.25. The summed E-state index contributed by atoms with van der Waals surface area (Å²) in [5.74, 6) is 0. The van der Waals surface area contributed by atoms with Crippen LogP contribution in [0.15, 0.2) is 206 Å². The van der Waals surface area contributed by atoms with Gasteiger partial charge in [-0.05, 0) is 126 Å². The van der Waals surface area contributed by atoms with Gasteiger partial charge in [-0.1, -0.05) is 158 Å². The second kappa shape index (κ2) is 12.5. The van der Waals surface area contributed by atoms with Gasteiger partial charge in [0.15, 0.2) is 0 Å². The highest BCUT2D eigenvalue weighted by Crippen LogP contribution is 2.63. The third-order valence-electron chi connectivity index (χ3n) is 12.3. The Morgan fingerprint density at radius 3 is 1.56 bits per heavy atom. The van der Waals surface area contributed by atoms with E-state index in [1.165, 1.54) is 98.1 Å². The third kappa shape index (κ3) is 4.81. The first-order valence-corrected chi connectivity index (χ1v) is 20.5. The molecule has 1 N–H and O–H groups in total. The van der Waals surface area contributed by atoms with Crippen molar-refractivity contribution in [2.24, 2.45) is 0 Å². The van der Waals surface area contributed by atoms with Crippen LogP contribution in [0.2, 0.25) is 0 Å². The quantitative estimate of drug-likeness (QED) is 0.185. The van der Waals surface area contributed by atoms with Gasteiger partial charge in [0.05, 0.1) is 5.41 Å². The first-order chi connectivity index (χ1) is 28.2. The van der Waals surface area contributed by atoms with Crippen molar-refractivity contribution in [2.45, 2.75) is 5.41 Å². The summed E-state index contributed by atoms with van der Waals surface area (Å²) in [4.78, 5) is 0. The van der Waals surface area contributed by atoms with Gasteiger partial charge in [-0.2, -0.15) is 0 Å². The highest BCUT2D eigenvalue weighted by molar-refractivity contribution is 7.25. The van der Waals surface area contributed by atoms with Crippen LogP contribution in [0.5, 0.6) is 0 Å². The summed E-state index contributed by atoms with van der Waals surface area (Å²) in [6.07, 6.45) is 0. The summed E-state index contributed by atoms with van der Waals surface area (Å²) in [6, 6.07) is 76.2. The van der Waals surface area contributed by atoms with Crippen molar-refractivity contribution in [3.8, 4) is 55.6 Å². The maximum atomic E-state index is 3.74. The zero-order valence-corrected chi connectivity index (χ0v) is 31.9. The summed E-state index contributed by atoms with van der Waals surface area (Å²) in [6.45, 7) is 0. The van der Waals surface area contributed by atoms with Gasteiger partial charge in [0, 0.05) is 31.5 Å². The molecule has 1 nitrogen and oxygen atoms in total. The van der Waals surface area contributed by atoms with Gasteiger partial charge in [-0.15, -0.1) is 11.3 Å². The van der Waals surface area contributed by atoms with E-state index in [9.17, 15) is 0 Å². The molecule has 2 aliphatic carbocycles. The van der Waals surface area contributed by atoms with Crippen LogP contribution >= 0.6 is 11.3 Å². The zero-order chi connectivity index (χ0) is 37.5. The van der Waals surface area contributed by atoms with Gasteiger partial charge < -0.3 is 5.32 Å². The molecule has 0 bridgehead atoms. The van der Waals surface area contributed by atoms with Crippen molar-refractivity contribution in [3.05, 3.63) is 229 Å². The van der Waals surface area contributed by atoms with Crippen LogP contribution < -0.4 is 5.32 Å². The predicted molar refractivity (Wildman–Crippen MR) is 242 cm³/mol. The molecule has 9 aromatic carbocycles. The smallest absolute Gasteiger partial charge is 0.0725 e. The van der Waals surface area contributed by atoms with Crippen molar-refractivity contribution in [1.29, 1.82) is 0 Å². The number of rotatable bonds is 5. The van der Waals surface area contributed by atoms with E-state index in [4.69, 9.17) is 0 Å². The van der Waals surface area contributed by atoms with Crippen LogP contribution in [0.25, 0.3) is 75.8 Å². The Balaban J connectivity index is 0.908. The van der Waals surface area contributed by atoms with E-state index in [2.05, 4.69) is 212 Å². The van der Waals surface area contributed by atoms with E-state index in [1.807, 2.05) is 11.3 Å². The number of hydrogen-bond acceptors (Lipinski definition) is 2. The standard InChI is InChI=1S/C55H35NS/c1-2-12-36(13-3-1)47-34-40(28-30-41(47)38-25-31-54-48(32-38)46-17-7-11-21-53(46)57-54)56-39-26-22-35(23-27-39)37-24-29-45-44-16-6-10-20-51(44)55(52(45)33-37)49-18-8-4-14-42(49)43-15-5-9-19-50(43)55/h1-34,56H. The summed E-state index contributed by atoms with van der Waals surface area (Å²) in [5, 5.41) is 6.37. The lowest BCUT2D eigenvalue weighted by Gasteiger charge is -2.30. The molecule has 1 aromatic heterocycles. The monoisotopic (exact) mass is 741 g/mol. The maximum absolute atomic E-state index is 3.74. The predicted octanol–water partition coefficient (Wildman–Crippen LogP) is 15.1. The van der Waals surface area contributed by atoms with E-state index < -0.39 is 0 Å². The molecule has 0 fully saturated rings. The van der Waals surface area contributed by atoms with E-state index in [-0.39, 0.29) is 5.41 Å². The van der Waals surface area contributed by atoms with Gasteiger partial charge >= 0.3 is 0 Å². The SMILES string of the molecule is c1ccc(-c2cc(Nc3ccc(-c4ccc5c(c4)C4(c6ccccc6-c6ccccc64)c4ccccc4-5)cc3)ccc2-c2ccc3sc4ccccc4c3c2)cc1. The number of benzene rings is 9. The third-order valence-corrected chi connectivity index (χ3v) is 13.4. The minimum atomic E-state index is -0.345. The summed E-state index contributed by atoms with van der Waals surface area (Å²) < 4.78 is 2.65. The van der Waals surface area contributed by atoms with Crippen molar-refractivity contribution < 1.29 is 0 Å². The largest absolute Gasteiger partial charge is 0.356 e. The Hall–Kier alpha value is -7.00. The fourth-order valence-electron chi connectivity index (χ4n) is 9.81. The van der Waals surface area contributed by atoms with Gasteiger partial charge in [-0.3, -0.25) is 0 Å². The molecule has 0 saturated carbocycles. The van der Waals surface area contributed by atoms with Gasteiger partial charge in [-0.25, -0.2) is 0 Å². The maximum Gasteiger partial charge on any atom is 0.0725 e. The molecular weight excluding hydrogens is 707 g/mol. The Bertz CT molecular complexity index is 3140. The molecule has 10 aromatic rings. The minimum absolute atomic E-state index is 0.345. The topological polar surface area (TPSA) is 12.0 Å². The van der Waals surface area contributed by atoms with E-state index >= 15 is 0 Å². The van der Waals surface area contributed by atoms with Crippen LogP contribution in [-0.4, -0.2) is 0 Å². The second-order valence-electron chi connectivity index (χ2n) is 15.3. The Morgan fingerprint density at radius 1 is 0.298 bits per heavy atom. The van der Waals surface area contributed by atoms with Crippen molar-refractivity contribution in [3.63, 3.8) is 0 Å². The summed E-state index contributed by atoms with van der Waals surface area (Å²) >= 11 is 1.86. The first-order valence-electron chi connectivity index (χ1n) is 19.7. The second-order valence-corrected chi connectivity index (χ2v) is 16.4. The van der Waals surface area contributed by atoms with Crippen LogP contribution in [-0.2, 0) is 5.41 Å². The first kappa shape index (κ1) is 32.3. The molecule has 0 aliphatic heterocycles. The van der Waals surface area contributed by atoms with E-state index in [1.54, 1.807) is 0 Å². The molecule has 0 unspecified atom stereocenters. The van der Waals surface area contributed by atoms with Crippen molar-refractivity contribution >= 4 is 42.9 Å². The molecular formula is C55H35NS. The van der Waals surface area contributed by atoms with E-state index in [0.717, 1.165) is 11.4 Å². The van der Waals surface area contributed by atoms with Crippen LogP contribution in [0.1, 0.15) is 22.3 Å². The lowest BCUT2D eigenvalue weighted by molar-refractivity contribution is 0.794. The van der Waals surface area contributed by atoms with Crippen molar-refractivity contribution in [1.82, 2.24) is 0 Å². The Kier molecular flexibility index (Phi) is 7.08. The van der Waals surface area contributed by atoms with Crippen molar-refractivity contribution in [2.75, 3.05) is 5.32 Å². The normalized spacial score (nSPS) is 13.1. The number of fused-ring (bicyclic) bond motifs is 13. The number of anilines is 2. The summed E-state index contributed by atoms with van der Waals surface area (Å²) in [5.41, 5.74) is 19.8. The Labute approximate surface area is 336 Å². The molecule has 2 aliphatic rings. The van der Waals surface area contributed by atoms with Crippen LogP contribution in [0.4, 0.5) is 11.4 Å². The molecule has 0 amide bonds. The Morgan fingerprint density at radius 2 is 0.842 bits per heavy atom. The number of hydrogen-bond donors (Lipinski definition) is 1. The van der Waals surface area contributed by atoms with Crippen LogP contribution in [0.3, 0.4) is 0 Å².